The second kappa shape index (κ2) is 11.4. The summed E-state index contributed by atoms with van der Waals surface area (Å²) >= 11 is 0. The maximum Gasteiger partial charge on any atom is 0.192 e. The highest BCUT2D eigenvalue weighted by atomic mass is 127. The van der Waals surface area contributed by atoms with E-state index in [0.29, 0.717) is 30.7 Å². The van der Waals surface area contributed by atoms with Crippen LogP contribution in [-0.2, 0) is 13.0 Å². The summed E-state index contributed by atoms with van der Waals surface area (Å²) in [5.41, 5.74) is 0.673. The van der Waals surface area contributed by atoms with Crippen molar-refractivity contribution in [3.05, 3.63) is 47.5 Å². The number of nitrogens with zero attached hydrogens (tertiary/aromatic N) is 4. The lowest BCUT2D eigenvalue weighted by atomic mass is 10.1. The van der Waals surface area contributed by atoms with E-state index in [-0.39, 0.29) is 30.0 Å². The molecule has 1 heterocycles. The topological polar surface area (TPSA) is 67.1 Å². The van der Waals surface area contributed by atoms with Crippen molar-refractivity contribution in [1.29, 1.82) is 0 Å². The van der Waals surface area contributed by atoms with Gasteiger partial charge in [-0.25, -0.2) is 8.78 Å². The first-order valence-electron chi connectivity index (χ1n) is 9.96. The maximum absolute atomic E-state index is 13.6. The number of aryl methyl sites for hydroxylation is 1. The fraction of sp³-hybridized carbons (Fsp3) is 0.550. The average molecular weight is 518 g/mol. The van der Waals surface area contributed by atoms with Crippen LogP contribution in [0.2, 0.25) is 0 Å². The Hall–Kier alpha value is -1.78. The number of hydrogen-bond acceptors (Lipinski definition) is 3. The average Bonchev–Trinajstić information content (AvgIpc) is 3.35. The molecule has 1 saturated carbocycles. The molecule has 0 amide bonds. The second-order valence-electron chi connectivity index (χ2n) is 7.19. The minimum absolute atomic E-state index is 0. The Labute approximate surface area is 187 Å². The fourth-order valence-electron chi connectivity index (χ4n) is 3.48. The van der Waals surface area contributed by atoms with Gasteiger partial charge in [0.15, 0.2) is 17.6 Å². The first-order valence-corrected chi connectivity index (χ1v) is 9.96. The summed E-state index contributed by atoms with van der Waals surface area (Å²) in [5.74, 6) is -0.0541. The number of aromatic nitrogens is 3. The number of rotatable bonds is 7. The van der Waals surface area contributed by atoms with Crippen LogP contribution in [0.1, 0.15) is 57.0 Å². The summed E-state index contributed by atoms with van der Waals surface area (Å²) in [4.78, 5) is 4.69. The summed E-state index contributed by atoms with van der Waals surface area (Å²) in [6, 6.07) is 4.16. The lowest BCUT2D eigenvalue weighted by molar-refractivity contribution is 0.504. The van der Waals surface area contributed by atoms with Crippen LogP contribution in [0.15, 0.2) is 29.5 Å². The molecular weight excluding hydrogens is 489 g/mol. The normalized spacial score (nSPS) is 15.8. The fourth-order valence-corrected chi connectivity index (χ4v) is 3.48. The summed E-state index contributed by atoms with van der Waals surface area (Å²) < 4.78 is 28.8. The second-order valence-corrected chi connectivity index (χ2v) is 7.19. The van der Waals surface area contributed by atoms with Crippen molar-refractivity contribution in [1.82, 2.24) is 25.4 Å². The highest BCUT2D eigenvalue weighted by molar-refractivity contribution is 14.0. The number of hydrogen-bond donors (Lipinski definition) is 2. The molecule has 0 aliphatic heterocycles. The van der Waals surface area contributed by atoms with E-state index < -0.39 is 11.6 Å². The third-order valence-electron chi connectivity index (χ3n) is 5.12. The van der Waals surface area contributed by atoms with Crippen LogP contribution in [0.5, 0.6) is 0 Å². The summed E-state index contributed by atoms with van der Waals surface area (Å²) in [6.45, 7) is 5.21. The molecule has 1 unspecified atom stereocenters. The Morgan fingerprint density at radius 1 is 1.28 bits per heavy atom. The van der Waals surface area contributed by atoms with Gasteiger partial charge in [0.1, 0.15) is 12.2 Å². The van der Waals surface area contributed by atoms with Crippen molar-refractivity contribution in [2.24, 2.45) is 4.99 Å². The lowest BCUT2D eigenvalue weighted by Gasteiger charge is -2.22. The van der Waals surface area contributed by atoms with Gasteiger partial charge in [-0.1, -0.05) is 25.8 Å². The van der Waals surface area contributed by atoms with Crippen LogP contribution in [0.4, 0.5) is 8.78 Å². The minimum Gasteiger partial charge on any atom is -0.354 e. The minimum atomic E-state index is -0.840. The number of benzene rings is 1. The molecule has 2 N–H and O–H groups in total. The molecule has 3 rings (SSSR count). The molecule has 0 bridgehead atoms. The number of aliphatic imine (C=N–C) groups is 1. The van der Waals surface area contributed by atoms with E-state index in [1.807, 2.05) is 18.4 Å². The molecule has 2 aromatic rings. The van der Waals surface area contributed by atoms with Gasteiger partial charge in [-0.15, -0.1) is 34.2 Å². The van der Waals surface area contributed by atoms with Gasteiger partial charge in [-0.3, -0.25) is 4.99 Å². The summed E-state index contributed by atoms with van der Waals surface area (Å²) in [7, 11) is 0. The van der Waals surface area contributed by atoms with Crippen LogP contribution in [0.3, 0.4) is 0 Å². The molecule has 1 aromatic carbocycles. The molecule has 1 aliphatic carbocycles. The maximum atomic E-state index is 13.6. The zero-order valence-electron chi connectivity index (χ0n) is 16.9. The Morgan fingerprint density at radius 3 is 2.72 bits per heavy atom. The number of halogens is 3. The predicted molar refractivity (Wildman–Crippen MR) is 120 cm³/mol. The largest absolute Gasteiger partial charge is 0.354 e. The molecule has 29 heavy (non-hydrogen) atoms. The van der Waals surface area contributed by atoms with Crippen molar-refractivity contribution < 1.29 is 8.78 Å². The van der Waals surface area contributed by atoms with Gasteiger partial charge in [0.2, 0.25) is 0 Å². The summed E-state index contributed by atoms with van der Waals surface area (Å²) in [6.07, 6.45) is 7.20. The van der Waals surface area contributed by atoms with Crippen molar-refractivity contribution in [2.75, 3.05) is 6.54 Å². The summed E-state index contributed by atoms with van der Waals surface area (Å²) in [5, 5.41) is 14.8. The monoisotopic (exact) mass is 518 g/mol. The smallest absolute Gasteiger partial charge is 0.192 e. The van der Waals surface area contributed by atoms with E-state index in [1.54, 1.807) is 12.4 Å². The van der Waals surface area contributed by atoms with E-state index in [4.69, 9.17) is 4.99 Å². The van der Waals surface area contributed by atoms with Crippen LogP contribution < -0.4 is 10.6 Å². The molecule has 6 nitrogen and oxygen atoms in total. The standard InChI is InChI=1S/C20H28F2N6.HI/c1-3-19-27-24-13-28(19)11-10-23-20(26-16-6-4-5-7-16)25-14(2)15-8-9-17(21)18(22)12-15;/h8-9,12-14,16H,3-7,10-11H2,1-2H3,(H2,23,25,26);1H. The van der Waals surface area contributed by atoms with Crippen molar-refractivity contribution in [3.8, 4) is 0 Å². The molecule has 160 valence electrons. The Bertz CT molecular complexity index is 804. The molecule has 9 heteroatoms. The molecule has 1 aliphatic rings. The van der Waals surface area contributed by atoms with Crippen molar-refractivity contribution in [2.45, 2.75) is 64.6 Å². The zero-order chi connectivity index (χ0) is 19.9. The van der Waals surface area contributed by atoms with Gasteiger partial charge < -0.3 is 15.2 Å². The predicted octanol–water partition coefficient (Wildman–Crippen LogP) is 3.98. The molecular formula is C20H29F2IN6. The first kappa shape index (κ1) is 23.5. The third-order valence-corrected chi connectivity index (χ3v) is 5.12. The molecule has 0 radical (unpaired) electrons. The van der Waals surface area contributed by atoms with Crippen LogP contribution in [0, 0.1) is 11.6 Å². The molecule has 1 aromatic heterocycles. The van der Waals surface area contributed by atoms with E-state index in [9.17, 15) is 8.78 Å². The van der Waals surface area contributed by atoms with Gasteiger partial charge in [0, 0.05) is 19.0 Å². The van der Waals surface area contributed by atoms with Crippen molar-refractivity contribution >= 4 is 29.9 Å². The lowest BCUT2D eigenvalue weighted by Crippen LogP contribution is -2.43. The van der Waals surface area contributed by atoms with E-state index in [1.165, 1.54) is 18.9 Å². The number of nitrogens with one attached hydrogen (secondary N) is 2. The molecule has 0 spiro atoms. The van der Waals surface area contributed by atoms with Gasteiger partial charge >= 0.3 is 0 Å². The van der Waals surface area contributed by atoms with Crippen LogP contribution in [-0.4, -0.2) is 33.3 Å². The molecule has 0 saturated heterocycles. The van der Waals surface area contributed by atoms with Crippen LogP contribution in [0.25, 0.3) is 0 Å². The molecule has 1 fully saturated rings. The van der Waals surface area contributed by atoms with Crippen molar-refractivity contribution in [3.63, 3.8) is 0 Å². The van der Waals surface area contributed by atoms with E-state index >= 15 is 0 Å². The van der Waals surface area contributed by atoms with Gasteiger partial charge in [-0.05, 0) is 37.5 Å². The van der Waals surface area contributed by atoms with Gasteiger partial charge in [-0.2, -0.15) is 0 Å². The Kier molecular flexibility index (Phi) is 9.25. The third kappa shape index (κ3) is 6.61. The number of guanidine groups is 1. The highest BCUT2D eigenvalue weighted by Gasteiger charge is 2.18. The zero-order valence-corrected chi connectivity index (χ0v) is 19.2. The van der Waals surface area contributed by atoms with E-state index in [0.717, 1.165) is 31.2 Å². The van der Waals surface area contributed by atoms with E-state index in [2.05, 4.69) is 20.8 Å². The Balaban J connectivity index is 0.00000300. The van der Waals surface area contributed by atoms with Crippen LogP contribution >= 0.6 is 24.0 Å². The quantitative estimate of drug-likeness (QED) is 0.331. The highest BCUT2D eigenvalue weighted by Crippen LogP contribution is 2.19. The Morgan fingerprint density at radius 2 is 2.03 bits per heavy atom. The van der Waals surface area contributed by atoms with Gasteiger partial charge in [0.05, 0.1) is 12.6 Å². The first-order chi connectivity index (χ1) is 13.6. The van der Waals surface area contributed by atoms with Gasteiger partial charge in [0.25, 0.3) is 0 Å². The SMILES string of the molecule is CCc1nncn1CCN=C(NC1CCCC1)NC(C)c1ccc(F)c(F)c1.I. The molecule has 1 atom stereocenters.